The van der Waals surface area contributed by atoms with Crippen LogP contribution in [0.4, 0.5) is 0 Å². The molecule has 41 heteroatoms. The number of aromatic hydroxyl groups is 1. The van der Waals surface area contributed by atoms with E-state index in [2.05, 4.69) is 89.1 Å². The van der Waals surface area contributed by atoms with Gasteiger partial charge in [0.05, 0.1) is 0 Å². The Morgan fingerprint density at radius 3 is 0.754 bits per heavy atom. The average molecular weight is 1840 g/mol. The number of nitrogens with one attached hydrogen (secondary N) is 13. The molecule has 0 bridgehead atoms. The summed E-state index contributed by atoms with van der Waals surface area (Å²) >= 11 is 0. The van der Waals surface area contributed by atoms with Crippen LogP contribution in [-0.2, 0) is 73.5 Å². The minimum Gasteiger partial charge on any atom is -0.508 e. The first kappa shape index (κ1) is 117. The van der Waals surface area contributed by atoms with Gasteiger partial charge in [0.2, 0.25) is 82.7 Å². The summed E-state index contributed by atoms with van der Waals surface area (Å²) in [5, 5.41) is 47.1. The molecule has 1 rings (SSSR count). The first-order chi connectivity index (χ1) is 61.0. The first-order valence-electron chi connectivity index (χ1n) is 46.3. The van der Waals surface area contributed by atoms with Gasteiger partial charge in [-0.25, -0.2) is 0 Å². The van der Waals surface area contributed by atoms with Crippen molar-refractivity contribution in [2.24, 2.45) is 101 Å². The number of phenolic OH excluding ortho intramolecular Hbond substituents is 1. The molecule has 0 radical (unpaired) electrons. The van der Waals surface area contributed by atoms with Crippen LogP contribution in [0.15, 0.2) is 44.2 Å². The number of nitrogens with zero attached hydrogens (tertiary/aromatic N) is 4. The number of guanidine groups is 4. The van der Waals surface area contributed by atoms with Crippen molar-refractivity contribution in [3.8, 4) is 5.75 Å². The standard InChI is InChI=1S/C89H162N26O15/c1-18-36-87(37-19-2,80(128)110-64(46-52(7)8)73(121)104-60(70(90)118)28-24-42-99-83(91)92)113-77(125)63(31-27-45-102-86(97)98)107-75(123)66(48-54(11)12)112-82(130)89(40-22-5,41-23-6)115-78(126)67(49-55(13)14)108-71(119)61(29-25-43-100-84(93)94)105-74(122)65(47-53(9)10)111-81(129)88(38-20-3,39-21-4)114-79(127)68(50-56(15)16)109-72(120)62(30-26-44-101-85(95)96)106-76(124)69(103-57(17)116)51-58-32-34-59(117)35-33-58/h32-35,52-56,60-69,117H,18-31,36-51H2,1-17H3,(H2,90,118)(H,103,116)(H,104,121)(H,105,122)(H,106,124)(H,107,123)(H,108,119)(H,109,120)(H,110,128)(H,111,129)(H,112,130)(H,113,125)(H,114,127)(H,115,126)(H4,91,92,99)(H4,93,94,100)(H4,95,96,101)(H4,97,98,102)/t60-,61-,62-,63-,64-,65-,66-,67-,68-,69-/m0/s1. The molecule has 0 saturated carbocycles. The zero-order valence-electron chi connectivity index (χ0n) is 80.3. The zero-order chi connectivity index (χ0) is 98.8. The molecule has 0 aliphatic heterocycles. The van der Waals surface area contributed by atoms with Crippen molar-refractivity contribution in [2.45, 2.75) is 362 Å². The van der Waals surface area contributed by atoms with Gasteiger partial charge >= 0.3 is 0 Å². The number of amides is 14. The highest BCUT2D eigenvalue weighted by Gasteiger charge is 2.47. The maximum Gasteiger partial charge on any atom is 0.246 e. The summed E-state index contributed by atoms with van der Waals surface area (Å²) in [6.45, 7) is 30.5. The van der Waals surface area contributed by atoms with Crippen molar-refractivity contribution < 1.29 is 72.2 Å². The quantitative estimate of drug-likeness (QED) is 0.0247. The molecule has 0 fully saturated rings. The Kier molecular flexibility index (Phi) is 54.3. The number of carbonyl (C=O) groups excluding carboxylic acids is 14. The van der Waals surface area contributed by atoms with E-state index in [-0.39, 0.29) is 214 Å². The summed E-state index contributed by atoms with van der Waals surface area (Å²) < 4.78 is 0. The zero-order valence-corrected chi connectivity index (χ0v) is 80.3. The molecular formula is C89H162N26O15. The molecule has 0 unspecified atom stereocenters. The monoisotopic (exact) mass is 1840 g/mol. The van der Waals surface area contributed by atoms with Crippen LogP contribution >= 0.6 is 0 Å². The van der Waals surface area contributed by atoms with Gasteiger partial charge in [-0.2, -0.15) is 0 Å². The molecule has 1 aromatic carbocycles. The third-order valence-corrected chi connectivity index (χ3v) is 21.5. The van der Waals surface area contributed by atoms with E-state index in [9.17, 15) is 29.1 Å². The number of hydrogen-bond donors (Lipinski definition) is 23. The summed E-state index contributed by atoms with van der Waals surface area (Å²) in [5.41, 5.74) is 46.2. The van der Waals surface area contributed by atoms with E-state index in [1.54, 1.807) is 39.8 Å². The van der Waals surface area contributed by atoms with E-state index >= 15 is 43.2 Å². The second-order valence-corrected chi connectivity index (χ2v) is 36.1. The van der Waals surface area contributed by atoms with Gasteiger partial charge in [0, 0.05) is 39.5 Å². The van der Waals surface area contributed by atoms with Crippen LogP contribution < -0.4 is 121 Å². The minimum atomic E-state index is -1.75. The molecule has 0 heterocycles. The second kappa shape index (κ2) is 60.5. The lowest BCUT2D eigenvalue weighted by molar-refractivity contribution is -0.140. The Hall–Kier alpha value is -11.3. The topological polar surface area (TPSA) is 699 Å². The van der Waals surface area contributed by atoms with Crippen LogP contribution in [0.2, 0.25) is 0 Å². The molecule has 1 aromatic rings. The first-order valence-corrected chi connectivity index (χ1v) is 46.3. The summed E-state index contributed by atoms with van der Waals surface area (Å²) in [4.78, 5) is 222. The van der Waals surface area contributed by atoms with E-state index < -0.39 is 160 Å². The number of aliphatic imine (C=N–C) groups is 4. The lowest BCUT2D eigenvalue weighted by atomic mass is 9.85. The molecule has 41 nitrogen and oxygen atoms in total. The predicted octanol–water partition coefficient (Wildman–Crippen LogP) is 1.10. The molecule has 0 saturated heterocycles. The molecule has 738 valence electrons. The van der Waals surface area contributed by atoms with Crippen LogP contribution in [-0.4, -0.2) is 215 Å². The van der Waals surface area contributed by atoms with E-state index in [0.29, 0.717) is 44.1 Å². The third-order valence-electron chi connectivity index (χ3n) is 21.5. The smallest absolute Gasteiger partial charge is 0.246 e. The van der Waals surface area contributed by atoms with Gasteiger partial charge in [-0.3, -0.25) is 87.1 Å². The van der Waals surface area contributed by atoms with Gasteiger partial charge in [-0.1, -0.05) is 161 Å². The average Bonchev–Trinajstić information content (AvgIpc) is 0.812. The summed E-state index contributed by atoms with van der Waals surface area (Å²) in [6, 6.07) is -7.15. The lowest BCUT2D eigenvalue weighted by Gasteiger charge is -2.37. The molecule has 32 N–H and O–H groups in total. The fraction of sp³-hybridized carbons (Fsp3) is 0.730. The van der Waals surface area contributed by atoms with Gasteiger partial charge in [-0.05, 0) is 169 Å². The van der Waals surface area contributed by atoms with E-state index in [1.165, 1.54) is 19.1 Å². The Bertz CT molecular complexity index is 3860. The second-order valence-electron chi connectivity index (χ2n) is 36.1. The molecule has 10 atom stereocenters. The summed E-state index contributed by atoms with van der Waals surface area (Å²) in [5.74, 6) is -12.7. The fourth-order valence-corrected chi connectivity index (χ4v) is 15.6. The number of hydrogen-bond acceptors (Lipinski definition) is 19. The highest BCUT2D eigenvalue weighted by molar-refractivity contribution is 6.02. The SMILES string of the molecule is CCCC(CCC)(NC(=O)[C@H](CCCN=C(N)N)NC(=O)[C@H](CC(C)C)NC(=O)C(CCC)(CCC)NC(=O)[C@H](CC(C)C)NC(=O)[C@H](CCCN=C(N)N)NC(=O)[C@H](CC(C)C)NC(=O)C(CCC)(CCC)NC(=O)[C@H](CC(C)C)NC(=O)[C@H](CCCN=C(N)N)NC(=O)[C@H](Cc1ccc(O)cc1)NC(C)=O)C(=O)N[C@@H](CC(C)C)C(=O)N[C@@H](CCCN=C(N)N)C(N)=O. The Labute approximate surface area is 769 Å². The maximum atomic E-state index is 15.6. The molecular weight excluding hydrogens is 1670 g/mol. The van der Waals surface area contributed by atoms with Crippen LogP contribution in [0.5, 0.6) is 5.75 Å². The predicted molar refractivity (Wildman–Crippen MR) is 505 cm³/mol. The Morgan fingerprint density at radius 1 is 0.300 bits per heavy atom. The molecule has 0 spiro atoms. The van der Waals surface area contributed by atoms with Crippen LogP contribution in [0.1, 0.15) is 284 Å². The lowest BCUT2D eigenvalue weighted by Crippen LogP contribution is -2.66. The van der Waals surface area contributed by atoms with Crippen LogP contribution in [0.3, 0.4) is 0 Å². The number of phenols is 1. The van der Waals surface area contributed by atoms with Crippen molar-refractivity contribution in [1.29, 1.82) is 0 Å². The third kappa shape index (κ3) is 44.3. The Morgan fingerprint density at radius 2 is 0.515 bits per heavy atom. The van der Waals surface area contributed by atoms with Crippen LogP contribution in [0.25, 0.3) is 0 Å². The Balaban J connectivity index is 4.06. The fourth-order valence-electron chi connectivity index (χ4n) is 15.6. The number of primary amides is 1. The number of rotatable bonds is 66. The highest BCUT2D eigenvalue weighted by atomic mass is 16.3. The van der Waals surface area contributed by atoms with E-state index in [1.807, 2.05) is 83.1 Å². The van der Waals surface area contributed by atoms with Crippen molar-refractivity contribution in [1.82, 2.24) is 69.1 Å². The minimum absolute atomic E-state index is 0.000830. The molecule has 0 aliphatic rings. The highest BCUT2D eigenvalue weighted by Crippen LogP contribution is 2.28. The molecule has 14 amide bonds. The maximum absolute atomic E-state index is 15.6. The van der Waals surface area contributed by atoms with E-state index in [4.69, 9.17) is 51.6 Å². The molecule has 0 aromatic heterocycles. The van der Waals surface area contributed by atoms with Gasteiger partial charge in [0.25, 0.3) is 0 Å². The number of carbonyl (C=O) groups is 14. The van der Waals surface area contributed by atoms with Gasteiger partial charge in [0.1, 0.15) is 82.8 Å². The van der Waals surface area contributed by atoms with Crippen molar-refractivity contribution in [2.75, 3.05) is 26.2 Å². The van der Waals surface area contributed by atoms with Crippen LogP contribution in [0, 0.1) is 29.6 Å². The van der Waals surface area contributed by atoms with Crippen molar-refractivity contribution in [3.63, 3.8) is 0 Å². The van der Waals surface area contributed by atoms with E-state index in [0.717, 1.165) is 0 Å². The van der Waals surface area contributed by atoms with Gasteiger partial charge in [0.15, 0.2) is 23.8 Å². The summed E-state index contributed by atoms with van der Waals surface area (Å²) in [6.07, 6.45) is 3.01. The summed E-state index contributed by atoms with van der Waals surface area (Å²) in [7, 11) is 0. The van der Waals surface area contributed by atoms with Gasteiger partial charge < -0.3 is 126 Å². The number of benzene rings is 1. The largest absolute Gasteiger partial charge is 0.508 e. The van der Waals surface area contributed by atoms with Gasteiger partial charge in [-0.15, -0.1) is 0 Å². The number of nitrogens with two attached hydrogens (primary N) is 9. The van der Waals surface area contributed by atoms with Crippen molar-refractivity contribution in [3.05, 3.63) is 29.8 Å². The normalized spacial score (nSPS) is 13.9. The molecule has 130 heavy (non-hydrogen) atoms. The van der Waals surface area contributed by atoms with Crippen molar-refractivity contribution >= 4 is 107 Å². The molecule has 0 aliphatic carbocycles.